The van der Waals surface area contributed by atoms with Crippen molar-refractivity contribution < 1.29 is 26.3 Å². The second-order valence-corrected chi connectivity index (χ2v) is 7.76. The highest BCUT2D eigenvalue weighted by Crippen LogP contribution is 2.36. The lowest BCUT2D eigenvalue weighted by molar-refractivity contribution is -0.142. The number of H-pyrrole nitrogens is 2. The number of anilines is 3. The zero-order valence-corrected chi connectivity index (χ0v) is 18.5. The van der Waals surface area contributed by atoms with Gasteiger partial charge in [0.15, 0.2) is 0 Å². The number of para-hydroxylation sites is 1. The summed E-state index contributed by atoms with van der Waals surface area (Å²) in [5.74, 6) is 0.589. The summed E-state index contributed by atoms with van der Waals surface area (Å²) in [7, 11) is 0. The van der Waals surface area contributed by atoms with E-state index in [1.165, 1.54) is 12.1 Å². The third-order valence-electron chi connectivity index (χ3n) is 5.23. The van der Waals surface area contributed by atoms with Gasteiger partial charge in [-0.15, -0.1) is 0 Å². The molecule has 0 spiro atoms. The minimum atomic E-state index is -4.60. The van der Waals surface area contributed by atoms with Crippen LogP contribution in [-0.2, 0) is 12.4 Å². The summed E-state index contributed by atoms with van der Waals surface area (Å²) in [4.78, 5) is 10.6. The molecule has 2 N–H and O–H groups in total. The summed E-state index contributed by atoms with van der Waals surface area (Å²) in [6, 6.07) is 20.0. The number of nitrogens with one attached hydrogen (secondary N) is 2. The van der Waals surface area contributed by atoms with Crippen LogP contribution in [0.25, 0.3) is 22.8 Å². The summed E-state index contributed by atoms with van der Waals surface area (Å²) in [5, 5.41) is 11.4. The van der Waals surface area contributed by atoms with Crippen LogP contribution in [0.5, 0.6) is 0 Å². The van der Waals surface area contributed by atoms with Gasteiger partial charge in [0.05, 0.1) is 11.4 Å². The largest absolute Gasteiger partial charge is 0.432 e. The van der Waals surface area contributed by atoms with Crippen LogP contribution < -0.4 is 4.90 Å². The first-order valence-corrected chi connectivity index (χ1v) is 10.6. The second-order valence-electron chi connectivity index (χ2n) is 7.76. The lowest BCUT2D eigenvalue weighted by atomic mass is 10.2. The Balaban J connectivity index is 1.58. The number of hydrogen-bond donors (Lipinski definition) is 2. The van der Waals surface area contributed by atoms with Gasteiger partial charge in [-0.1, -0.05) is 30.3 Å². The van der Waals surface area contributed by atoms with E-state index in [0.29, 0.717) is 17.3 Å². The van der Waals surface area contributed by atoms with Gasteiger partial charge >= 0.3 is 12.4 Å². The maximum atomic E-state index is 13.0. The Morgan fingerprint density at radius 2 is 1.00 bits per heavy atom. The quantitative estimate of drug-likeness (QED) is 0.253. The molecule has 0 saturated carbocycles. The minimum Gasteiger partial charge on any atom is -0.279 e. The van der Waals surface area contributed by atoms with Crippen LogP contribution in [0.3, 0.4) is 0 Å². The Morgan fingerprint density at radius 3 is 1.41 bits per heavy atom. The maximum absolute atomic E-state index is 13.0. The Morgan fingerprint density at radius 1 is 0.541 bits per heavy atom. The number of hydrogen-bond acceptors (Lipinski definition) is 5. The average Bonchev–Trinajstić information content (AvgIpc) is 3.56. The zero-order valence-electron chi connectivity index (χ0n) is 18.5. The molecule has 0 unspecified atom stereocenters. The average molecular weight is 515 g/mol. The van der Waals surface area contributed by atoms with Crippen LogP contribution in [0.2, 0.25) is 0 Å². The molecule has 0 saturated heterocycles. The molecule has 0 atom stereocenters. The molecule has 37 heavy (non-hydrogen) atoms. The Kier molecular flexibility index (Phi) is 5.90. The van der Waals surface area contributed by atoms with Crippen LogP contribution in [0.4, 0.5) is 43.7 Å². The van der Waals surface area contributed by atoms with Gasteiger partial charge in [-0.3, -0.25) is 15.1 Å². The van der Waals surface area contributed by atoms with Gasteiger partial charge in [-0.05, 0) is 48.5 Å². The number of alkyl halides is 6. The summed E-state index contributed by atoms with van der Waals surface area (Å²) in [6.45, 7) is 0. The zero-order chi connectivity index (χ0) is 26.2. The minimum absolute atomic E-state index is 0.0138. The molecule has 5 rings (SSSR count). The van der Waals surface area contributed by atoms with Crippen molar-refractivity contribution in [1.82, 2.24) is 30.4 Å². The predicted molar refractivity (Wildman–Crippen MR) is 122 cm³/mol. The first-order valence-electron chi connectivity index (χ1n) is 10.6. The Bertz CT molecular complexity index is 1430. The summed E-state index contributed by atoms with van der Waals surface area (Å²) in [5.41, 5.74) is -1.11. The molecule has 0 aliphatic rings. The molecule has 0 radical (unpaired) electrons. The normalized spacial score (nSPS) is 12.1. The topological polar surface area (TPSA) is 86.4 Å². The van der Waals surface area contributed by atoms with Crippen LogP contribution in [0, 0.1) is 0 Å². The van der Waals surface area contributed by atoms with Gasteiger partial charge < -0.3 is 0 Å². The molecular weight excluding hydrogens is 500 g/mol. The summed E-state index contributed by atoms with van der Waals surface area (Å²) >= 11 is 0. The van der Waals surface area contributed by atoms with E-state index in [0.717, 1.165) is 12.1 Å². The van der Waals surface area contributed by atoms with E-state index in [9.17, 15) is 26.3 Å². The van der Waals surface area contributed by atoms with Crippen LogP contribution in [-0.4, -0.2) is 30.4 Å². The first-order chi connectivity index (χ1) is 17.6. The lowest BCUT2D eigenvalue weighted by Gasteiger charge is -2.23. The van der Waals surface area contributed by atoms with Crippen molar-refractivity contribution >= 4 is 17.3 Å². The van der Waals surface area contributed by atoms with Crippen LogP contribution in [0.1, 0.15) is 11.4 Å². The smallest absolute Gasteiger partial charge is 0.279 e. The molecule has 188 valence electrons. The number of nitrogens with zero attached hydrogens (tertiary/aromatic N) is 5. The van der Waals surface area contributed by atoms with Gasteiger partial charge in [0.1, 0.15) is 34.4 Å². The molecule has 4 heterocycles. The van der Waals surface area contributed by atoms with Gasteiger partial charge in [-0.25, -0.2) is 9.97 Å². The molecule has 1 aromatic carbocycles. The number of aromatic nitrogens is 6. The fraction of sp³-hybridized carbons (Fsp3) is 0.0833. The molecule has 5 aromatic rings. The SMILES string of the molecule is FC(F)(F)c1cc(-c2cccc(N(c3ccccc3)c3cccc(-c4cc(C(F)(F)F)[nH]n4)n3)n2)n[nH]1. The number of pyridine rings is 2. The van der Waals surface area contributed by atoms with E-state index in [-0.39, 0.29) is 22.8 Å². The maximum Gasteiger partial charge on any atom is 0.432 e. The standard InChI is InChI=1S/C24H15F6N7/c25-23(26,27)19-12-17(33-35-19)15-8-4-10-21(31-15)37(14-6-2-1-3-7-14)22-11-5-9-16(32-22)18-13-20(36-34-18)24(28,29)30/h1-13H,(H,33,35)(H,34,36). The van der Waals surface area contributed by atoms with Crippen molar-refractivity contribution in [3.63, 3.8) is 0 Å². The highest BCUT2D eigenvalue weighted by Gasteiger charge is 2.34. The molecule has 0 amide bonds. The third kappa shape index (κ3) is 5.01. The van der Waals surface area contributed by atoms with Gasteiger partial charge in [0.25, 0.3) is 0 Å². The Labute approximate surface area is 204 Å². The molecule has 0 bridgehead atoms. The van der Waals surface area contributed by atoms with Crippen molar-refractivity contribution in [3.05, 3.63) is 90.3 Å². The van der Waals surface area contributed by atoms with E-state index in [4.69, 9.17) is 0 Å². The predicted octanol–water partition coefficient (Wildman–Crippen LogP) is 6.76. The van der Waals surface area contributed by atoms with Crippen LogP contribution in [0.15, 0.2) is 78.9 Å². The van der Waals surface area contributed by atoms with E-state index < -0.39 is 23.7 Å². The number of halogens is 6. The third-order valence-corrected chi connectivity index (χ3v) is 5.23. The monoisotopic (exact) mass is 515 g/mol. The molecule has 13 heteroatoms. The number of aromatic amines is 2. The van der Waals surface area contributed by atoms with E-state index in [1.807, 2.05) is 10.2 Å². The van der Waals surface area contributed by atoms with Gasteiger partial charge in [0, 0.05) is 5.69 Å². The highest BCUT2D eigenvalue weighted by atomic mass is 19.4. The fourth-order valence-electron chi connectivity index (χ4n) is 3.54. The lowest BCUT2D eigenvalue weighted by Crippen LogP contribution is -2.13. The second kappa shape index (κ2) is 9.08. The van der Waals surface area contributed by atoms with Crippen molar-refractivity contribution in [2.24, 2.45) is 0 Å². The first kappa shape index (κ1) is 24.0. The van der Waals surface area contributed by atoms with Gasteiger partial charge in [-0.2, -0.15) is 36.5 Å². The van der Waals surface area contributed by atoms with Crippen molar-refractivity contribution in [2.45, 2.75) is 12.4 Å². The van der Waals surface area contributed by atoms with Crippen LogP contribution >= 0.6 is 0 Å². The van der Waals surface area contributed by atoms with E-state index >= 15 is 0 Å². The summed E-state index contributed by atoms with van der Waals surface area (Å²) < 4.78 is 78.2. The van der Waals surface area contributed by atoms with E-state index in [2.05, 4.69) is 20.2 Å². The van der Waals surface area contributed by atoms with E-state index in [1.54, 1.807) is 59.5 Å². The molecule has 4 aromatic heterocycles. The number of rotatable bonds is 5. The van der Waals surface area contributed by atoms with Crippen molar-refractivity contribution in [1.29, 1.82) is 0 Å². The number of benzene rings is 1. The molecule has 0 aliphatic heterocycles. The fourth-order valence-corrected chi connectivity index (χ4v) is 3.54. The Hall–Kier alpha value is -4.68. The molecule has 0 fully saturated rings. The highest BCUT2D eigenvalue weighted by molar-refractivity contribution is 5.74. The van der Waals surface area contributed by atoms with Gasteiger partial charge in [0.2, 0.25) is 0 Å². The molecular formula is C24H15F6N7. The van der Waals surface area contributed by atoms with Crippen molar-refractivity contribution in [3.8, 4) is 22.8 Å². The summed E-state index contributed by atoms with van der Waals surface area (Å²) in [6.07, 6.45) is -9.19. The van der Waals surface area contributed by atoms with Crippen molar-refractivity contribution in [2.75, 3.05) is 4.90 Å². The molecule has 7 nitrogen and oxygen atoms in total. The molecule has 0 aliphatic carbocycles.